The average Bonchev–Trinajstić information content (AvgIpc) is 2.68. The largest absolute Gasteiger partial charge is 0.508 e. The standard InChI is InChI=1S/C24H30N2O.ClH/c25-19-5-3-4-17(14-19)9-12-26-13-11-24-10-2-1-6-21(24)23(26)15-18-7-8-20(27)16-22(18)24;/h3-5,7-8,14,16,21,23,27H,1-2,6,9-13,15,25H2;1H/t21-,23+,24+;/m0./s1. The van der Waals surface area contributed by atoms with Gasteiger partial charge < -0.3 is 10.8 Å². The third-order valence-electron chi connectivity index (χ3n) is 7.57. The molecule has 0 unspecified atom stereocenters. The SMILES string of the molecule is Cl.Nc1cccc(CCN2CC[C@]34CCCC[C@H]3[C@H]2Cc2ccc(O)cc24)c1. The molecular weight excluding hydrogens is 368 g/mol. The highest BCUT2D eigenvalue weighted by Gasteiger charge is 2.53. The van der Waals surface area contributed by atoms with Crippen LogP contribution in [-0.2, 0) is 18.3 Å². The molecule has 28 heavy (non-hydrogen) atoms. The van der Waals surface area contributed by atoms with E-state index in [0.717, 1.165) is 31.0 Å². The molecule has 150 valence electrons. The van der Waals surface area contributed by atoms with Crippen LogP contribution in [0.3, 0.4) is 0 Å². The van der Waals surface area contributed by atoms with E-state index in [1.165, 1.54) is 55.3 Å². The highest BCUT2D eigenvalue weighted by atomic mass is 35.5. The first kappa shape index (κ1) is 19.6. The molecule has 0 amide bonds. The molecular formula is C24H31ClN2O. The van der Waals surface area contributed by atoms with Gasteiger partial charge in [0.15, 0.2) is 0 Å². The Morgan fingerprint density at radius 1 is 1.11 bits per heavy atom. The smallest absolute Gasteiger partial charge is 0.115 e. The third-order valence-corrected chi connectivity index (χ3v) is 7.57. The van der Waals surface area contributed by atoms with Crippen LogP contribution in [0.15, 0.2) is 42.5 Å². The fourth-order valence-corrected chi connectivity index (χ4v) is 6.37. The Kier molecular flexibility index (Phi) is 5.32. The lowest BCUT2D eigenvalue weighted by Gasteiger charge is -2.59. The van der Waals surface area contributed by atoms with Gasteiger partial charge in [-0.3, -0.25) is 4.90 Å². The molecule has 3 N–H and O–H groups in total. The summed E-state index contributed by atoms with van der Waals surface area (Å²) in [5, 5.41) is 10.1. The minimum Gasteiger partial charge on any atom is -0.508 e. The van der Waals surface area contributed by atoms with Crippen molar-refractivity contribution in [3.63, 3.8) is 0 Å². The van der Waals surface area contributed by atoms with Crippen LogP contribution in [0.4, 0.5) is 5.69 Å². The zero-order chi connectivity index (χ0) is 18.4. The number of likely N-dealkylation sites (tertiary alicyclic amines) is 1. The zero-order valence-corrected chi connectivity index (χ0v) is 17.3. The molecule has 4 heteroatoms. The van der Waals surface area contributed by atoms with Crippen LogP contribution in [0.5, 0.6) is 5.75 Å². The van der Waals surface area contributed by atoms with Gasteiger partial charge in [0.05, 0.1) is 0 Å². The molecule has 1 saturated carbocycles. The van der Waals surface area contributed by atoms with Crippen molar-refractivity contribution < 1.29 is 5.11 Å². The number of phenolic OH excluding ortho intramolecular Hbond substituents is 1. The van der Waals surface area contributed by atoms with Crippen molar-refractivity contribution in [2.75, 3.05) is 18.8 Å². The Morgan fingerprint density at radius 3 is 2.86 bits per heavy atom. The molecule has 2 bridgehead atoms. The number of phenols is 1. The zero-order valence-electron chi connectivity index (χ0n) is 16.4. The van der Waals surface area contributed by atoms with E-state index in [9.17, 15) is 5.11 Å². The minimum absolute atomic E-state index is 0. The Morgan fingerprint density at radius 2 is 2.00 bits per heavy atom. The van der Waals surface area contributed by atoms with Gasteiger partial charge in [-0.25, -0.2) is 0 Å². The summed E-state index contributed by atoms with van der Waals surface area (Å²) in [6.45, 7) is 2.30. The summed E-state index contributed by atoms with van der Waals surface area (Å²) >= 11 is 0. The van der Waals surface area contributed by atoms with Crippen LogP contribution < -0.4 is 5.73 Å². The van der Waals surface area contributed by atoms with E-state index in [1.54, 1.807) is 0 Å². The van der Waals surface area contributed by atoms with Gasteiger partial charge in [0.25, 0.3) is 0 Å². The molecule has 0 aromatic heterocycles. The van der Waals surface area contributed by atoms with E-state index >= 15 is 0 Å². The van der Waals surface area contributed by atoms with Gasteiger partial charge in [0.1, 0.15) is 5.75 Å². The van der Waals surface area contributed by atoms with Crippen molar-refractivity contribution in [3.8, 4) is 5.75 Å². The van der Waals surface area contributed by atoms with Crippen LogP contribution in [0, 0.1) is 5.92 Å². The van der Waals surface area contributed by atoms with Crippen LogP contribution in [0.1, 0.15) is 48.8 Å². The van der Waals surface area contributed by atoms with Crippen molar-refractivity contribution >= 4 is 18.1 Å². The molecule has 3 aliphatic rings. The number of hydrogen-bond donors (Lipinski definition) is 2. The molecule has 1 saturated heterocycles. The lowest BCUT2D eigenvalue weighted by Crippen LogP contribution is -2.61. The van der Waals surface area contributed by atoms with E-state index in [0.29, 0.717) is 17.2 Å². The second-order valence-electron chi connectivity index (χ2n) is 8.90. The number of anilines is 1. The number of nitrogens with two attached hydrogens (primary N) is 1. The second-order valence-corrected chi connectivity index (χ2v) is 8.90. The first-order valence-corrected chi connectivity index (χ1v) is 10.6. The summed E-state index contributed by atoms with van der Waals surface area (Å²) in [7, 11) is 0. The van der Waals surface area contributed by atoms with E-state index < -0.39 is 0 Å². The maximum atomic E-state index is 10.1. The Bertz CT molecular complexity index is 854. The minimum atomic E-state index is 0. The van der Waals surface area contributed by atoms with Crippen molar-refractivity contribution in [1.29, 1.82) is 0 Å². The number of aromatic hydroxyl groups is 1. The summed E-state index contributed by atoms with van der Waals surface area (Å²) in [6.07, 6.45) is 8.79. The Hall–Kier alpha value is -1.71. The molecule has 3 atom stereocenters. The molecule has 2 aliphatic carbocycles. The van der Waals surface area contributed by atoms with E-state index in [-0.39, 0.29) is 12.4 Å². The van der Waals surface area contributed by atoms with Crippen LogP contribution >= 0.6 is 12.4 Å². The maximum Gasteiger partial charge on any atom is 0.115 e. The molecule has 5 rings (SSSR count). The van der Waals surface area contributed by atoms with Gasteiger partial charge in [0, 0.05) is 23.7 Å². The first-order valence-electron chi connectivity index (χ1n) is 10.6. The topological polar surface area (TPSA) is 49.5 Å². The lowest BCUT2D eigenvalue weighted by atomic mass is 9.52. The fraction of sp³-hybridized carbons (Fsp3) is 0.500. The van der Waals surface area contributed by atoms with Crippen molar-refractivity contribution in [2.45, 2.75) is 56.4 Å². The van der Waals surface area contributed by atoms with Crippen LogP contribution in [0.2, 0.25) is 0 Å². The maximum absolute atomic E-state index is 10.1. The number of piperidine rings is 1. The second kappa shape index (κ2) is 7.61. The normalized spacial score (nSPS) is 28.7. The van der Waals surface area contributed by atoms with E-state index in [2.05, 4.69) is 35.2 Å². The summed E-state index contributed by atoms with van der Waals surface area (Å²) < 4.78 is 0. The summed E-state index contributed by atoms with van der Waals surface area (Å²) in [4.78, 5) is 2.76. The molecule has 0 spiro atoms. The highest BCUT2D eigenvalue weighted by Crippen LogP contribution is 2.56. The number of nitrogens with zero attached hydrogens (tertiary/aromatic N) is 1. The predicted octanol–water partition coefficient (Wildman–Crippen LogP) is 4.70. The number of fused-ring (bicyclic) bond motifs is 1. The molecule has 1 heterocycles. The summed E-state index contributed by atoms with van der Waals surface area (Å²) in [5.74, 6) is 1.19. The van der Waals surface area contributed by atoms with Gasteiger partial charge in [-0.2, -0.15) is 0 Å². The van der Waals surface area contributed by atoms with E-state index in [1.807, 2.05) is 12.1 Å². The number of halogens is 1. The number of hydrogen-bond acceptors (Lipinski definition) is 3. The lowest BCUT2D eigenvalue weighted by molar-refractivity contribution is -0.0106. The average molecular weight is 399 g/mol. The number of nitrogen functional groups attached to an aromatic ring is 1. The monoisotopic (exact) mass is 398 g/mol. The van der Waals surface area contributed by atoms with Crippen molar-refractivity contribution in [2.24, 2.45) is 5.92 Å². The fourth-order valence-electron chi connectivity index (χ4n) is 6.37. The first-order chi connectivity index (χ1) is 13.2. The highest BCUT2D eigenvalue weighted by molar-refractivity contribution is 5.85. The van der Waals surface area contributed by atoms with Gasteiger partial charge >= 0.3 is 0 Å². The van der Waals surface area contributed by atoms with Crippen molar-refractivity contribution in [1.82, 2.24) is 4.90 Å². The molecule has 1 aliphatic heterocycles. The molecule has 2 aromatic carbocycles. The van der Waals surface area contributed by atoms with Gasteiger partial charge in [-0.05, 0) is 85.5 Å². The van der Waals surface area contributed by atoms with Gasteiger partial charge in [-0.15, -0.1) is 12.4 Å². The summed E-state index contributed by atoms with van der Waals surface area (Å²) in [5.41, 5.74) is 11.4. The van der Waals surface area contributed by atoms with Crippen LogP contribution in [0.25, 0.3) is 0 Å². The quantitative estimate of drug-likeness (QED) is 0.737. The molecule has 2 fully saturated rings. The number of benzene rings is 2. The van der Waals surface area contributed by atoms with Gasteiger partial charge in [0.2, 0.25) is 0 Å². The van der Waals surface area contributed by atoms with Crippen LogP contribution in [-0.4, -0.2) is 29.1 Å². The van der Waals surface area contributed by atoms with E-state index in [4.69, 9.17) is 5.73 Å². The number of rotatable bonds is 3. The summed E-state index contributed by atoms with van der Waals surface area (Å²) in [6, 6.07) is 15.2. The molecule has 0 radical (unpaired) electrons. The molecule has 3 nitrogen and oxygen atoms in total. The van der Waals surface area contributed by atoms with Crippen molar-refractivity contribution in [3.05, 3.63) is 59.2 Å². The molecule has 2 aromatic rings. The Balaban J connectivity index is 0.00000192. The Labute approximate surface area is 174 Å². The van der Waals surface area contributed by atoms with Gasteiger partial charge in [-0.1, -0.05) is 31.0 Å². The third kappa shape index (κ3) is 3.19. The predicted molar refractivity (Wildman–Crippen MR) is 117 cm³/mol.